The van der Waals surface area contributed by atoms with E-state index in [4.69, 9.17) is 9.47 Å². The Morgan fingerprint density at radius 1 is 1.10 bits per heavy atom. The molecule has 1 saturated heterocycles. The molecule has 2 atom stereocenters. The molecule has 0 radical (unpaired) electrons. The molecule has 1 saturated carbocycles. The number of anilines is 1. The van der Waals surface area contributed by atoms with Gasteiger partial charge >= 0.3 is 5.97 Å². The molecule has 0 spiro atoms. The second-order valence-electron chi connectivity index (χ2n) is 7.21. The van der Waals surface area contributed by atoms with Crippen LogP contribution in [0.4, 0.5) is 5.69 Å². The number of carbonyl (C=O) groups is 4. The summed E-state index contributed by atoms with van der Waals surface area (Å²) in [6.45, 7) is 1.84. The number of carbonyl (C=O) groups excluding carboxylic acids is 4. The van der Waals surface area contributed by atoms with Gasteiger partial charge in [-0.3, -0.25) is 24.1 Å². The van der Waals surface area contributed by atoms with E-state index in [9.17, 15) is 19.2 Å². The summed E-state index contributed by atoms with van der Waals surface area (Å²) >= 11 is 0. The Labute approximate surface area is 169 Å². The van der Waals surface area contributed by atoms with E-state index in [0.717, 1.165) is 25.7 Å². The van der Waals surface area contributed by atoms with Crippen molar-refractivity contribution in [1.29, 1.82) is 0 Å². The Morgan fingerprint density at radius 3 is 2.41 bits per heavy atom. The molecule has 0 unspecified atom stereocenters. The normalized spacial score (nSPS) is 20.9. The maximum atomic E-state index is 12.4. The van der Waals surface area contributed by atoms with Crippen LogP contribution in [0.5, 0.6) is 5.75 Å². The van der Waals surface area contributed by atoms with Crippen LogP contribution in [0.1, 0.15) is 39.0 Å². The number of benzene rings is 1. The molecule has 1 N–H and O–H groups in total. The van der Waals surface area contributed by atoms with E-state index in [1.165, 1.54) is 4.90 Å². The zero-order chi connectivity index (χ0) is 20.8. The van der Waals surface area contributed by atoms with Crippen molar-refractivity contribution < 1.29 is 28.7 Å². The number of esters is 1. The number of amides is 3. The van der Waals surface area contributed by atoms with Gasteiger partial charge in [-0.2, -0.15) is 0 Å². The van der Waals surface area contributed by atoms with Gasteiger partial charge < -0.3 is 14.8 Å². The van der Waals surface area contributed by atoms with Crippen molar-refractivity contribution in [1.82, 2.24) is 4.90 Å². The predicted molar refractivity (Wildman–Crippen MR) is 104 cm³/mol. The highest BCUT2D eigenvalue weighted by molar-refractivity contribution is 6.05. The summed E-state index contributed by atoms with van der Waals surface area (Å²) in [5.41, 5.74) is 0.492. The summed E-state index contributed by atoms with van der Waals surface area (Å²) in [4.78, 5) is 50.0. The van der Waals surface area contributed by atoms with E-state index in [1.54, 1.807) is 24.3 Å². The van der Waals surface area contributed by atoms with E-state index < -0.39 is 18.5 Å². The topological polar surface area (TPSA) is 102 Å². The van der Waals surface area contributed by atoms with Gasteiger partial charge in [0.1, 0.15) is 5.75 Å². The molecule has 1 aromatic rings. The molecule has 1 aliphatic heterocycles. The number of hydrogen-bond donors (Lipinski definition) is 1. The highest BCUT2D eigenvalue weighted by Crippen LogP contribution is 2.37. The lowest BCUT2D eigenvalue weighted by molar-refractivity contribution is -0.148. The Hall–Kier alpha value is -2.90. The molecule has 0 aromatic heterocycles. The van der Waals surface area contributed by atoms with Crippen LogP contribution in [0.2, 0.25) is 0 Å². The van der Waals surface area contributed by atoms with E-state index in [-0.39, 0.29) is 36.6 Å². The second kappa shape index (κ2) is 9.54. The van der Waals surface area contributed by atoms with Crippen LogP contribution >= 0.6 is 0 Å². The van der Waals surface area contributed by atoms with Gasteiger partial charge in [-0.05, 0) is 31.9 Å². The van der Waals surface area contributed by atoms with Gasteiger partial charge in [0.05, 0.1) is 30.6 Å². The quantitative estimate of drug-likeness (QED) is 0.528. The third kappa shape index (κ3) is 4.93. The van der Waals surface area contributed by atoms with Crippen molar-refractivity contribution in [2.24, 2.45) is 11.8 Å². The van der Waals surface area contributed by atoms with Crippen molar-refractivity contribution in [3.63, 3.8) is 0 Å². The first-order valence-corrected chi connectivity index (χ1v) is 10.0. The van der Waals surface area contributed by atoms with Gasteiger partial charge in [-0.15, -0.1) is 0 Å². The standard InChI is InChI=1S/C21H26N2O6/c1-2-28-17-10-6-5-9-16(17)22-18(24)13-29-19(25)11-12-23-20(26)14-7-3-4-8-15(14)21(23)27/h5-6,9-10,14-15H,2-4,7-8,11-13H2,1H3,(H,22,24)/t14-,15-/m0/s1. The van der Waals surface area contributed by atoms with Gasteiger partial charge in [0.2, 0.25) is 11.8 Å². The average Bonchev–Trinajstić information content (AvgIpc) is 2.97. The Bertz CT molecular complexity index is 769. The minimum absolute atomic E-state index is 0.00169. The number of nitrogens with one attached hydrogen (secondary N) is 1. The fourth-order valence-electron chi connectivity index (χ4n) is 3.91. The van der Waals surface area contributed by atoms with Crippen molar-refractivity contribution in [2.45, 2.75) is 39.0 Å². The first-order valence-electron chi connectivity index (χ1n) is 10.0. The van der Waals surface area contributed by atoms with Gasteiger partial charge in [-0.1, -0.05) is 25.0 Å². The predicted octanol–water partition coefficient (Wildman–Crippen LogP) is 2.13. The molecule has 8 heteroatoms. The third-order valence-corrected chi connectivity index (χ3v) is 5.30. The van der Waals surface area contributed by atoms with Crippen LogP contribution < -0.4 is 10.1 Å². The Balaban J connectivity index is 1.44. The highest BCUT2D eigenvalue weighted by Gasteiger charge is 2.47. The monoisotopic (exact) mass is 402 g/mol. The maximum absolute atomic E-state index is 12.4. The lowest BCUT2D eigenvalue weighted by atomic mass is 9.81. The molecule has 156 valence electrons. The first-order chi connectivity index (χ1) is 14.0. The van der Waals surface area contributed by atoms with E-state index in [0.29, 0.717) is 18.0 Å². The van der Waals surface area contributed by atoms with Gasteiger partial charge in [-0.25, -0.2) is 0 Å². The summed E-state index contributed by atoms with van der Waals surface area (Å²) in [6, 6.07) is 6.96. The van der Waals surface area contributed by atoms with Crippen LogP contribution in [-0.4, -0.2) is 48.3 Å². The number of ether oxygens (including phenoxy) is 2. The number of likely N-dealkylation sites (tertiary alicyclic amines) is 1. The largest absolute Gasteiger partial charge is 0.492 e. The fraction of sp³-hybridized carbons (Fsp3) is 0.524. The molecule has 1 aliphatic carbocycles. The molecular weight excluding hydrogens is 376 g/mol. The van der Waals surface area contributed by atoms with Crippen LogP contribution in [0, 0.1) is 11.8 Å². The molecule has 29 heavy (non-hydrogen) atoms. The summed E-state index contributed by atoms with van der Waals surface area (Å²) in [7, 11) is 0. The van der Waals surface area contributed by atoms with Gasteiger partial charge in [0.25, 0.3) is 5.91 Å². The summed E-state index contributed by atoms with van der Waals surface area (Å²) in [5.74, 6) is -1.43. The summed E-state index contributed by atoms with van der Waals surface area (Å²) < 4.78 is 10.4. The van der Waals surface area contributed by atoms with E-state index >= 15 is 0 Å². The summed E-state index contributed by atoms with van der Waals surface area (Å²) in [6.07, 6.45) is 3.26. The SMILES string of the molecule is CCOc1ccccc1NC(=O)COC(=O)CCN1C(=O)[C@H]2CCCC[C@@H]2C1=O. The van der Waals surface area contributed by atoms with Gasteiger partial charge in [0, 0.05) is 6.54 Å². The minimum atomic E-state index is -0.631. The minimum Gasteiger partial charge on any atom is -0.492 e. The van der Waals surface area contributed by atoms with Crippen LogP contribution in [-0.2, 0) is 23.9 Å². The number of hydrogen-bond acceptors (Lipinski definition) is 6. The van der Waals surface area contributed by atoms with E-state index in [1.807, 2.05) is 6.92 Å². The van der Waals surface area contributed by atoms with Crippen molar-refractivity contribution >= 4 is 29.4 Å². The Kier molecular flexibility index (Phi) is 6.85. The molecule has 0 bridgehead atoms. The van der Waals surface area contributed by atoms with Crippen LogP contribution in [0.25, 0.3) is 0 Å². The molecule has 3 amide bonds. The molecular formula is C21H26N2O6. The first kappa shape index (κ1) is 20.8. The molecule has 1 heterocycles. The number of nitrogens with zero attached hydrogens (tertiary/aromatic N) is 1. The van der Waals surface area contributed by atoms with E-state index in [2.05, 4.69) is 5.32 Å². The number of fused-ring (bicyclic) bond motifs is 1. The van der Waals surface area contributed by atoms with Crippen molar-refractivity contribution in [2.75, 3.05) is 25.1 Å². The fourth-order valence-corrected chi connectivity index (χ4v) is 3.91. The molecule has 2 fully saturated rings. The van der Waals surface area contributed by atoms with Crippen LogP contribution in [0.15, 0.2) is 24.3 Å². The average molecular weight is 402 g/mol. The van der Waals surface area contributed by atoms with Gasteiger partial charge in [0.15, 0.2) is 6.61 Å². The highest BCUT2D eigenvalue weighted by atomic mass is 16.5. The number of rotatable bonds is 8. The number of imide groups is 1. The number of para-hydroxylation sites is 2. The maximum Gasteiger partial charge on any atom is 0.308 e. The lowest BCUT2D eigenvalue weighted by Gasteiger charge is -2.19. The molecule has 8 nitrogen and oxygen atoms in total. The third-order valence-electron chi connectivity index (χ3n) is 5.30. The lowest BCUT2D eigenvalue weighted by Crippen LogP contribution is -2.33. The molecule has 3 rings (SSSR count). The summed E-state index contributed by atoms with van der Waals surface area (Å²) in [5, 5.41) is 2.64. The van der Waals surface area contributed by atoms with Crippen molar-refractivity contribution in [3.05, 3.63) is 24.3 Å². The van der Waals surface area contributed by atoms with Crippen molar-refractivity contribution in [3.8, 4) is 5.75 Å². The molecule has 1 aromatic carbocycles. The Morgan fingerprint density at radius 2 is 1.76 bits per heavy atom. The zero-order valence-electron chi connectivity index (χ0n) is 16.5. The smallest absolute Gasteiger partial charge is 0.308 e. The van der Waals surface area contributed by atoms with Crippen LogP contribution in [0.3, 0.4) is 0 Å². The molecule has 2 aliphatic rings. The zero-order valence-corrected chi connectivity index (χ0v) is 16.5. The second-order valence-corrected chi connectivity index (χ2v) is 7.21.